The van der Waals surface area contributed by atoms with Crippen molar-refractivity contribution in [1.82, 2.24) is 15.0 Å². The van der Waals surface area contributed by atoms with Crippen LogP contribution in [0.15, 0.2) is 69.2 Å². The molecule has 0 spiro atoms. The van der Waals surface area contributed by atoms with E-state index in [-0.39, 0.29) is 5.83 Å². The average Bonchev–Trinajstić information content (AvgIpc) is 3.14. The highest BCUT2D eigenvalue weighted by Gasteiger charge is 2.21. The zero-order valence-electron chi connectivity index (χ0n) is 14.4. The molecule has 0 saturated heterocycles. The number of pyridine rings is 2. The Kier molecular flexibility index (Phi) is 5.24. The first-order chi connectivity index (χ1) is 13.6. The van der Waals surface area contributed by atoms with E-state index in [9.17, 15) is 4.39 Å². The van der Waals surface area contributed by atoms with Gasteiger partial charge in [-0.15, -0.1) is 0 Å². The average molecular weight is 411 g/mol. The fourth-order valence-electron chi connectivity index (χ4n) is 2.60. The van der Waals surface area contributed by atoms with Crippen molar-refractivity contribution in [2.24, 2.45) is 0 Å². The van der Waals surface area contributed by atoms with Gasteiger partial charge in [-0.05, 0) is 48.5 Å². The smallest absolute Gasteiger partial charge is 0.224 e. The summed E-state index contributed by atoms with van der Waals surface area (Å²) in [6.07, 6.45) is 7.08. The van der Waals surface area contributed by atoms with Crippen molar-refractivity contribution >= 4 is 28.9 Å². The lowest BCUT2D eigenvalue weighted by molar-refractivity contribution is 0.455. The van der Waals surface area contributed by atoms with Crippen LogP contribution in [0.4, 0.5) is 4.39 Å². The molecule has 0 atom stereocenters. The Labute approximate surface area is 169 Å². The predicted octanol–water partition coefficient (Wildman–Crippen LogP) is 5.84. The van der Waals surface area contributed by atoms with Gasteiger partial charge in [0, 0.05) is 30.0 Å². The Bertz CT molecular complexity index is 1110. The molecule has 0 amide bonds. The van der Waals surface area contributed by atoms with Crippen molar-refractivity contribution in [3.8, 4) is 17.3 Å². The number of rotatable bonds is 4. The summed E-state index contributed by atoms with van der Waals surface area (Å²) in [6.45, 7) is 0. The van der Waals surface area contributed by atoms with Crippen molar-refractivity contribution in [1.29, 1.82) is 5.26 Å². The number of aromatic nitrogens is 3. The standard InChI is InChI=1S/C20H12ClFN4OS/c21-14-4-8-17(25-11-14)28-20-18(13-3-7-16(9-23)24-10-13)26-19(27-20)12-1-5-15(22)6-2-12/h1,3-5,7-8,10-11H,2,6H2. The lowest BCUT2D eigenvalue weighted by atomic mass is 10.0. The van der Waals surface area contributed by atoms with Crippen LogP contribution < -0.4 is 0 Å². The Hall–Kier alpha value is -2.95. The molecular formula is C20H12ClFN4OS. The zero-order valence-corrected chi connectivity index (χ0v) is 16.0. The second-order valence-electron chi connectivity index (χ2n) is 5.92. The van der Waals surface area contributed by atoms with Gasteiger partial charge in [0.15, 0.2) is 5.09 Å². The molecule has 0 bridgehead atoms. The quantitative estimate of drug-likeness (QED) is 0.537. The van der Waals surface area contributed by atoms with Gasteiger partial charge in [0.2, 0.25) is 5.89 Å². The Morgan fingerprint density at radius 1 is 1.11 bits per heavy atom. The van der Waals surface area contributed by atoms with E-state index in [2.05, 4.69) is 15.0 Å². The summed E-state index contributed by atoms with van der Waals surface area (Å²) >= 11 is 7.21. The second kappa shape index (κ2) is 7.97. The third-order valence-electron chi connectivity index (χ3n) is 4.02. The molecule has 0 aromatic carbocycles. The molecule has 3 aromatic heterocycles. The third kappa shape index (κ3) is 3.98. The highest BCUT2D eigenvalue weighted by Crippen LogP contribution is 2.38. The van der Waals surface area contributed by atoms with E-state index in [1.165, 1.54) is 17.8 Å². The highest BCUT2D eigenvalue weighted by atomic mass is 35.5. The van der Waals surface area contributed by atoms with Crippen LogP contribution in [0.3, 0.4) is 0 Å². The van der Waals surface area contributed by atoms with E-state index in [0.717, 1.165) is 5.57 Å². The molecule has 0 radical (unpaired) electrons. The van der Waals surface area contributed by atoms with Crippen molar-refractivity contribution in [2.75, 3.05) is 0 Å². The number of allylic oxidation sites excluding steroid dienone is 4. The molecule has 0 aliphatic heterocycles. The molecule has 0 N–H and O–H groups in total. The van der Waals surface area contributed by atoms with Crippen LogP contribution in [-0.4, -0.2) is 15.0 Å². The normalized spacial score (nSPS) is 13.6. The number of halogens is 2. The maximum absolute atomic E-state index is 13.3. The van der Waals surface area contributed by atoms with Crippen LogP contribution in [0, 0.1) is 11.3 Å². The molecule has 1 aliphatic rings. The Morgan fingerprint density at radius 3 is 2.64 bits per heavy atom. The minimum Gasteiger partial charge on any atom is -0.429 e. The van der Waals surface area contributed by atoms with Gasteiger partial charge >= 0.3 is 0 Å². The number of hydrogen-bond donors (Lipinski definition) is 0. The van der Waals surface area contributed by atoms with Gasteiger partial charge in [-0.1, -0.05) is 17.7 Å². The first-order valence-corrected chi connectivity index (χ1v) is 9.54. The largest absolute Gasteiger partial charge is 0.429 e. The summed E-state index contributed by atoms with van der Waals surface area (Å²) in [5.41, 5.74) is 2.44. The van der Waals surface area contributed by atoms with Crippen LogP contribution in [0.5, 0.6) is 0 Å². The van der Waals surface area contributed by atoms with Crippen LogP contribution in [0.1, 0.15) is 24.4 Å². The Morgan fingerprint density at radius 2 is 2.00 bits per heavy atom. The predicted molar refractivity (Wildman–Crippen MR) is 104 cm³/mol. The molecule has 3 aromatic rings. The summed E-state index contributed by atoms with van der Waals surface area (Å²) < 4.78 is 19.3. The molecule has 5 nitrogen and oxygen atoms in total. The van der Waals surface area contributed by atoms with Gasteiger partial charge in [0.25, 0.3) is 0 Å². The second-order valence-corrected chi connectivity index (χ2v) is 7.35. The van der Waals surface area contributed by atoms with E-state index in [4.69, 9.17) is 21.3 Å². The summed E-state index contributed by atoms with van der Waals surface area (Å²) in [4.78, 5) is 13.0. The maximum Gasteiger partial charge on any atom is 0.224 e. The maximum atomic E-state index is 13.3. The van der Waals surface area contributed by atoms with Crippen molar-refractivity contribution in [3.05, 3.63) is 71.2 Å². The van der Waals surface area contributed by atoms with Gasteiger partial charge < -0.3 is 4.42 Å². The Balaban J connectivity index is 1.75. The first-order valence-electron chi connectivity index (χ1n) is 8.35. The molecule has 4 rings (SSSR count). The van der Waals surface area contributed by atoms with Crippen molar-refractivity contribution in [2.45, 2.75) is 23.0 Å². The van der Waals surface area contributed by atoms with E-state index in [1.807, 2.05) is 6.07 Å². The van der Waals surface area contributed by atoms with Gasteiger partial charge in [0.05, 0.1) is 5.02 Å². The fraction of sp³-hybridized carbons (Fsp3) is 0.100. The van der Waals surface area contributed by atoms with Crippen molar-refractivity contribution in [3.63, 3.8) is 0 Å². The number of hydrogen-bond acceptors (Lipinski definition) is 6. The fourth-order valence-corrected chi connectivity index (χ4v) is 3.53. The van der Waals surface area contributed by atoms with Gasteiger partial charge in [0.1, 0.15) is 28.3 Å². The zero-order chi connectivity index (χ0) is 19.5. The molecule has 8 heteroatoms. The molecule has 0 saturated carbocycles. The number of oxazole rings is 1. The summed E-state index contributed by atoms with van der Waals surface area (Å²) in [6, 6.07) is 8.91. The molecule has 3 heterocycles. The molecule has 138 valence electrons. The molecule has 28 heavy (non-hydrogen) atoms. The number of nitriles is 1. The minimum atomic E-state index is -0.160. The van der Waals surface area contributed by atoms with Crippen LogP contribution in [0.25, 0.3) is 16.8 Å². The van der Waals surface area contributed by atoms with Crippen LogP contribution in [-0.2, 0) is 0 Å². The van der Waals surface area contributed by atoms with E-state index >= 15 is 0 Å². The molecule has 0 unspecified atom stereocenters. The van der Waals surface area contributed by atoms with Crippen LogP contribution in [0.2, 0.25) is 5.02 Å². The van der Waals surface area contributed by atoms with Gasteiger partial charge in [-0.25, -0.2) is 19.3 Å². The topological polar surface area (TPSA) is 75.6 Å². The van der Waals surface area contributed by atoms with Crippen LogP contribution >= 0.6 is 23.4 Å². The van der Waals surface area contributed by atoms with E-state index in [1.54, 1.807) is 42.7 Å². The van der Waals surface area contributed by atoms with Gasteiger partial charge in [-0.2, -0.15) is 5.26 Å². The van der Waals surface area contributed by atoms with E-state index in [0.29, 0.717) is 50.8 Å². The minimum absolute atomic E-state index is 0.160. The molecular weight excluding hydrogens is 399 g/mol. The summed E-state index contributed by atoms with van der Waals surface area (Å²) in [7, 11) is 0. The SMILES string of the molecule is N#Cc1ccc(-c2nc(C3=CC=C(F)CC3)oc2Sc2ccc(Cl)cn2)cn1. The molecule has 1 aliphatic carbocycles. The van der Waals surface area contributed by atoms with E-state index < -0.39 is 0 Å². The highest BCUT2D eigenvalue weighted by molar-refractivity contribution is 7.99. The summed E-state index contributed by atoms with van der Waals surface area (Å²) in [5.74, 6) is 0.270. The first kappa shape index (κ1) is 18.4. The lowest BCUT2D eigenvalue weighted by Crippen LogP contribution is -1.91. The number of nitrogens with zero attached hydrogens (tertiary/aromatic N) is 4. The van der Waals surface area contributed by atoms with Gasteiger partial charge in [-0.3, -0.25) is 0 Å². The summed E-state index contributed by atoms with van der Waals surface area (Å²) in [5, 5.41) is 10.7. The third-order valence-corrected chi connectivity index (χ3v) is 5.15. The van der Waals surface area contributed by atoms with Crippen molar-refractivity contribution < 1.29 is 8.81 Å². The molecule has 0 fully saturated rings. The monoisotopic (exact) mass is 410 g/mol. The lowest BCUT2D eigenvalue weighted by Gasteiger charge is -2.05.